The Hall–Kier alpha value is -5.89. The van der Waals surface area contributed by atoms with Gasteiger partial charge in [0.2, 0.25) is 17.8 Å². The molecule has 2 aromatic heterocycles. The van der Waals surface area contributed by atoms with E-state index in [2.05, 4.69) is 62.5 Å². The van der Waals surface area contributed by atoms with Gasteiger partial charge in [-0.05, 0) is 56.2 Å². The van der Waals surface area contributed by atoms with E-state index < -0.39 is 17.6 Å². The molecule has 0 unspecified atom stereocenters. The highest BCUT2D eigenvalue weighted by molar-refractivity contribution is 5.79. The van der Waals surface area contributed by atoms with Crippen LogP contribution in [0.4, 0.5) is 28.3 Å². The zero-order valence-electron chi connectivity index (χ0n) is 27.8. The summed E-state index contributed by atoms with van der Waals surface area (Å²) < 4.78 is 10.6. The summed E-state index contributed by atoms with van der Waals surface area (Å²) >= 11 is 0. The minimum atomic E-state index is -0.836. The molecule has 0 spiro atoms. The van der Waals surface area contributed by atoms with Crippen molar-refractivity contribution < 1.29 is 19.1 Å². The molecule has 0 saturated carbocycles. The van der Waals surface area contributed by atoms with E-state index in [1.165, 1.54) is 7.11 Å². The molecule has 1 aliphatic heterocycles. The van der Waals surface area contributed by atoms with Crippen LogP contribution in [0.15, 0.2) is 48.5 Å². The first-order chi connectivity index (χ1) is 23.6. The van der Waals surface area contributed by atoms with E-state index in [0.29, 0.717) is 31.0 Å². The first-order valence-electron chi connectivity index (χ1n) is 15.7. The zero-order valence-corrected chi connectivity index (χ0v) is 27.8. The molecule has 3 heterocycles. The summed E-state index contributed by atoms with van der Waals surface area (Å²) in [6, 6.07) is 16.1. The number of nitriles is 1. The van der Waals surface area contributed by atoms with Crippen molar-refractivity contribution in [2.75, 3.05) is 49.2 Å². The molecule has 1 saturated heterocycles. The lowest BCUT2D eigenvalue weighted by atomic mass is 10.0. The topological polar surface area (TPSA) is 212 Å². The van der Waals surface area contributed by atoms with Crippen molar-refractivity contribution >= 4 is 35.6 Å². The number of aromatic amines is 1. The normalized spacial score (nSPS) is 14.0. The van der Waals surface area contributed by atoms with E-state index in [4.69, 9.17) is 14.7 Å². The highest BCUT2D eigenvalue weighted by Gasteiger charge is 2.26. The van der Waals surface area contributed by atoms with Crippen LogP contribution < -0.4 is 16.0 Å². The van der Waals surface area contributed by atoms with Crippen LogP contribution in [0.3, 0.4) is 0 Å². The van der Waals surface area contributed by atoms with Gasteiger partial charge in [-0.15, -0.1) is 10.2 Å². The van der Waals surface area contributed by atoms with Gasteiger partial charge in [0.1, 0.15) is 11.6 Å². The number of anilines is 4. The molecule has 4 N–H and O–H groups in total. The minimum Gasteiger partial charge on any atom is -0.467 e. The number of methoxy groups -OCH3 is 1. The number of hydrogen-bond acceptors (Lipinski definition) is 15. The number of tetrazole rings is 1. The molecular formula is C32H39N13O4. The molecule has 17 heteroatoms. The number of benzene rings is 2. The summed E-state index contributed by atoms with van der Waals surface area (Å²) in [5.74, 6) is 0.428. The Labute approximate surface area is 283 Å². The van der Waals surface area contributed by atoms with Gasteiger partial charge in [0.25, 0.3) is 0 Å². The van der Waals surface area contributed by atoms with Crippen LogP contribution in [-0.2, 0) is 33.8 Å². The first kappa shape index (κ1) is 34.4. The third kappa shape index (κ3) is 10.3. The van der Waals surface area contributed by atoms with Crippen molar-refractivity contribution in [1.82, 2.24) is 45.4 Å². The van der Waals surface area contributed by atoms with Crippen LogP contribution in [0.5, 0.6) is 0 Å². The molecule has 1 aliphatic rings. The Bertz CT molecular complexity index is 1750. The second-order valence-electron chi connectivity index (χ2n) is 12.3. The monoisotopic (exact) mass is 669 g/mol. The third-order valence-electron chi connectivity index (χ3n) is 7.35. The predicted molar refractivity (Wildman–Crippen MR) is 178 cm³/mol. The van der Waals surface area contributed by atoms with E-state index in [-0.39, 0.29) is 36.9 Å². The van der Waals surface area contributed by atoms with E-state index in [1.807, 2.05) is 45.0 Å². The number of carbonyl (C=O) groups excluding carboxylic acids is 2. The van der Waals surface area contributed by atoms with Crippen LogP contribution in [0, 0.1) is 11.3 Å². The molecule has 256 valence electrons. The quantitative estimate of drug-likeness (QED) is 0.160. The number of ether oxygens (including phenoxy) is 2. The highest BCUT2D eigenvalue weighted by atomic mass is 16.6. The minimum absolute atomic E-state index is 0.121. The van der Waals surface area contributed by atoms with Gasteiger partial charge in [-0.25, -0.2) is 9.59 Å². The molecule has 2 aromatic carbocycles. The van der Waals surface area contributed by atoms with Crippen molar-refractivity contribution in [3.63, 3.8) is 0 Å². The number of aromatic nitrogens is 7. The van der Waals surface area contributed by atoms with Gasteiger partial charge in [-0.2, -0.15) is 25.4 Å². The zero-order chi connectivity index (χ0) is 34.8. The standard InChI is InChI=1S/C32H39N13O4/c1-32(2,3)49-31(47)45-14-12-44(13-15-45)20-23-6-5-7-24(16-23)35-29-37-28(34-19-26-40-42-43-41-26)38-30(39-29)36-25(27(46)48-4)17-21-8-10-22(18-33)11-9-21/h5-11,16,25H,12-15,17,19-20H2,1-4H3,(H,40,41,42,43)(H3,34,35,36,37,38,39)/t25-/m0/s1. The van der Waals surface area contributed by atoms with Gasteiger partial charge in [0, 0.05) is 44.8 Å². The fourth-order valence-corrected chi connectivity index (χ4v) is 4.98. The number of carbonyl (C=O) groups is 2. The second-order valence-corrected chi connectivity index (χ2v) is 12.3. The Morgan fingerprint density at radius 2 is 1.73 bits per heavy atom. The molecule has 1 atom stereocenters. The Morgan fingerprint density at radius 1 is 1.00 bits per heavy atom. The van der Waals surface area contributed by atoms with Crippen molar-refractivity contribution in [1.29, 1.82) is 5.26 Å². The molecule has 1 fully saturated rings. The average molecular weight is 670 g/mol. The lowest BCUT2D eigenvalue weighted by Crippen LogP contribution is -2.49. The molecule has 0 bridgehead atoms. The lowest BCUT2D eigenvalue weighted by Gasteiger charge is -2.35. The fraction of sp³-hybridized carbons (Fsp3) is 0.406. The number of nitrogens with one attached hydrogen (secondary N) is 4. The molecule has 1 amide bonds. The van der Waals surface area contributed by atoms with Crippen LogP contribution in [0.2, 0.25) is 0 Å². The maximum atomic E-state index is 12.8. The maximum absolute atomic E-state index is 12.8. The van der Waals surface area contributed by atoms with Gasteiger partial charge in [0.15, 0.2) is 5.82 Å². The van der Waals surface area contributed by atoms with Crippen LogP contribution in [0.25, 0.3) is 0 Å². The summed E-state index contributed by atoms with van der Waals surface area (Å²) in [6.07, 6.45) is -0.0325. The van der Waals surface area contributed by atoms with Crippen LogP contribution in [0.1, 0.15) is 43.3 Å². The van der Waals surface area contributed by atoms with Gasteiger partial charge < -0.3 is 30.3 Å². The molecular weight excluding hydrogens is 630 g/mol. The van der Waals surface area contributed by atoms with Gasteiger partial charge in [0.05, 0.1) is 25.3 Å². The van der Waals surface area contributed by atoms with Crippen molar-refractivity contribution in [3.05, 3.63) is 71.0 Å². The molecule has 4 aromatic rings. The molecule has 49 heavy (non-hydrogen) atoms. The number of H-pyrrole nitrogens is 1. The number of amides is 1. The van der Waals surface area contributed by atoms with Crippen LogP contribution >= 0.6 is 0 Å². The summed E-state index contributed by atoms with van der Waals surface area (Å²) in [6.45, 7) is 9.08. The Morgan fingerprint density at radius 3 is 2.41 bits per heavy atom. The van der Waals surface area contributed by atoms with Crippen LogP contribution in [-0.4, -0.2) is 102 Å². The van der Waals surface area contributed by atoms with Crippen molar-refractivity contribution in [2.45, 2.75) is 51.9 Å². The molecule has 17 nitrogen and oxygen atoms in total. The third-order valence-corrected chi connectivity index (χ3v) is 7.35. The molecule has 0 aliphatic carbocycles. The number of hydrogen-bond donors (Lipinski definition) is 4. The lowest BCUT2D eigenvalue weighted by molar-refractivity contribution is -0.141. The second kappa shape index (κ2) is 15.8. The fourth-order valence-electron chi connectivity index (χ4n) is 4.98. The Kier molecular flexibility index (Phi) is 11.1. The van der Waals surface area contributed by atoms with Crippen molar-refractivity contribution in [3.8, 4) is 6.07 Å². The number of nitrogens with zero attached hydrogens (tertiary/aromatic N) is 9. The van der Waals surface area contributed by atoms with Gasteiger partial charge in [-0.3, -0.25) is 4.90 Å². The summed E-state index contributed by atoms with van der Waals surface area (Å²) in [5.41, 5.74) is 2.60. The largest absolute Gasteiger partial charge is 0.467 e. The van der Waals surface area contributed by atoms with E-state index in [1.54, 1.807) is 29.2 Å². The number of esters is 1. The number of piperazine rings is 1. The summed E-state index contributed by atoms with van der Waals surface area (Å²) in [4.78, 5) is 42.8. The van der Waals surface area contributed by atoms with Gasteiger partial charge >= 0.3 is 12.1 Å². The van der Waals surface area contributed by atoms with E-state index in [0.717, 1.165) is 29.9 Å². The summed E-state index contributed by atoms with van der Waals surface area (Å²) in [7, 11) is 1.31. The van der Waals surface area contributed by atoms with Gasteiger partial charge in [-0.1, -0.05) is 29.5 Å². The predicted octanol–water partition coefficient (Wildman–Crippen LogP) is 2.86. The molecule has 0 radical (unpaired) electrons. The average Bonchev–Trinajstić information content (AvgIpc) is 3.61. The van der Waals surface area contributed by atoms with E-state index >= 15 is 0 Å². The molecule has 5 rings (SSSR count). The maximum Gasteiger partial charge on any atom is 0.410 e. The SMILES string of the molecule is COC(=O)[C@H](Cc1ccc(C#N)cc1)Nc1nc(NCc2nn[nH]n2)nc(Nc2cccc(CN3CCN(C(=O)OC(C)(C)C)CC3)c2)n1. The Balaban J connectivity index is 1.29. The highest BCUT2D eigenvalue weighted by Crippen LogP contribution is 2.21. The first-order valence-corrected chi connectivity index (χ1v) is 15.7. The van der Waals surface area contributed by atoms with Crippen molar-refractivity contribution in [2.24, 2.45) is 0 Å². The summed E-state index contributed by atoms with van der Waals surface area (Å²) in [5, 5.41) is 32.4. The number of rotatable bonds is 12. The smallest absolute Gasteiger partial charge is 0.410 e. The van der Waals surface area contributed by atoms with E-state index in [9.17, 15) is 9.59 Å².